The zero-order chi connectivity index (χ0) is 18.6. The summed E-state index contributed by atoms with van der Waals surface area (Å²) in [6.07, 6.45) is 2.88. The Balaban J connectivity index is 1.83. The Morgan fingerprint density at radius 2 is 2.15 bits per heavy atom. The molecular weight excluding hydrogens is 368 g/mol. The van der Waals surface area contributed by atoms with E-state index in [4.69, 9.17) is 9.47 Å². The van der Waals surface area contributed by atoms with Crippen molar-refractivity contribution in [1.29, 1.82) is 0 Å². The predicted molar refractivity (Wildman–Crippen MR) is 110 cm³/mol. The third-order valence-electron chi connectivity index (χ3n) is 3.49. The minimum absolute atomic E-state index is 0.538. The van der Waals surface area contributed by atoms with Crippen LogP contribution in [0.15, 0.2) is 39.1 Å². The third-order valence-corrected chi connectivity index (χ3v) is 5.55. The van der Waals surface area contributed by atoms with E-state index in [2.05, 4.69) is 27.5 Å². The van der Waals surface area contributed by atoms with Crippen molar-refractivity contribution in [3.05, 3.63) is 35.3 Å². The Labute approximate surface area is 163 Å². The van der Waals surface area contributed by atoms with Crippen LogP contribution in [0.4, 0.5) is 0 Å². The van der Waals surface area contributed by atoms with Gasteiger partial charge in [0.2, 0.25) is 0 Å². The summed E-state index contributed by atoms with van der Waals surface area (Å²) in [5, 5.41) is 8.65. The lowest BCUT2D eigenvalue weighted by Gasteiger charge is -2.12. The van der Waals surface area contributed by atoms with Gasteiger partial charge in [-0.1, -0.05) is 11.8 Å². The zero-order valence-electron chi connectivity index (χ0n) is 15.4. The van der Waals surface area contributed by atoms with E-state index in [1.165, 1.54) is 0 Å². The smallest absolute Gasteiger partial charge is 0.191 e. The number of rotatable bonds is 10. The van der Waals surface area contributed by atoms with Crippen molar-refractivity contribution >= 4 is 29.1 Å². The van der Waals surface area contributed by atoms with Crippen LogP contribution in [0.25, 0.3) is 0 Å². The Morgan fingerprint density at radius 1 is 1.27 bits per heavy atom. The van der Waals surface area contributed by atoms with Gasteiger partial charge in [0, 0.05) is 42.0 Å². The van der Waals surface area contributed by atoms with Crippen molar-refractivity contribution in [2.45, 2.75) is 24.2 Å². The summed E-state index contributed by atoms with van der Waals surface area (Å²) in [6.45, 7) is 4.28. The first-order chi connectivity index (χ1) is 12.8. The molecule has 2 rings (SSSR count). The zero-order valence-corrected chi connectivity index (χ0v) is 17.1. The fourth-order valence-corrected chi connectivity index (χ4v) is 3.86. The molecule has 6 nitrogen and oxygen atoms in total. The molecule has 0 fully saturated rings. The molecule has 26 heavy (non-hydrogen) atoms. The molecule has 0 spiro atoms. The van der Waals surface area contributed by atoms with Crippen LogP contribution in [0.5, 0.6) is 11.5 Å². The predicted octanol–water partition coefficient (Wildman–Crippen LogP) is 3.40. The van der Waals surface area contributed by atoms with Crippen molar-refractivity contribution in [1.82, 2.24) is 15.6 Å². The molecule has 142 valence electrons. The molecule has 2 aromatic rings. The standard InChI is InChI=1S/C18H26N4O2S2/c1-4-19-17(20-8-5-10-25-18-21-9-11-26-18)22-13-14-6-7-15(23-2)12-16(14)24-3/h6-7,9,11-12H,4-5,8,10,13H2,1-3H3,(H2,19,20,22). The highest BCUT2D eigenvalue weighted by Crippen LogP contribution is 2.25. The molecule has 0 saturated heterocycles. The molecule has 0 aliphatic rings. The number of hydrogen-bond acceptors (Lipinski definition) is 6. The number of aliphatic imine (C=N–C) groups is 1. The summed E-state index contributed by atoms with van der Waals surface area (Å²) in [5.74, 6) is 3.40. The first-order valence-electron chi connectivity index (χ1n) is 8.52. The van der Waals surface area contributed by atoms with Crippen LogP contribution in [-0.2, 0) is 6.54 Å². The Hall–Kier alpha value is -1.93. The number of benzene rings is 1. The highest BCUT2D eigenvalue weighted by molar-refractivity contribution is 8.00. The molecule has 1 aromatic carbocycles. The number of thiazole rings is 1. The summed E-state index contributed by atoms with van der Waals surface area (Å²) >= 11 is 3.47. The van der Waals surface area contributed by atoms with E-state index in [-0.39, 0.29) is 0 Å². The molecule has 0 saturated carbocycles. The van der Waals surface area contributed by atoms with Gasteiger partial charge in [0.15, 0.2) is 5.96 Å². The molecule has 8 heteroatoms. The van der Waals surface area contributed by atoms with Gasteiger partial charge in [-0.25, -0.2) is 9.98 Å². The monoisotopic (exact) mass is 394 g/mol. The van der Waals surface area contributed by atoms with Gasteiger partial charge in [0.1, 0.15) is 15.8 Å². The van der Waals surface area contributed by atoms with Crippen LogP contribution in [0.3, 0.4) is 0 Å². The summed E-state index contributed by atoms with van der Waals surface area (Å²) in [5.41, 5.74) is 1.02. The second-order valence-corrected chi connectivity index (χ2v) is 7.54. The van der Waals surface area contributed by atoms with E-state index in [0.717, 1.165) is 52.6 Å². The lowest BCUT2D eigenvalue weighted by atomic mass is 10.2. The number of guanidine groups is 1. The van der Waals surface area contributed by atoms with Crippen LogP contribution < -0.4 is 20.1 Å². The molecule has 0 amide bonds. The number of thioether (sulfide) groups is 1. The average Bonchev–Trinajstić information content (AvgIpc) is 3.19. The van der Waals surface area contributed by atoms with Crippen LogP contribution in [-0.4, -0.2) is 44.0 Å². The number of nitrogens with one attached hydrogen (secondary N) is 2. The van der Waals surface area contributed by atoms with E-state index in [1.807, 2.05) is 29.8 Å². The van der Waals surface area contributed by atoms with Crippen LogP contribution >= 0.6 is 23.1 Å². The van der Waals surface area contributed by atoms with Crippen molar-refractivity contribution in [3.63, 3.8) is 0 Å². The van der Waals surface area contributed by atoms with Crippen molar-refractivity contribution in [2.24, 2.45) is 4.99 Å². The van der Waals surface area contributed by atoms with Gasteiger partial charge in [-0.15, -0.1) is 11.3 Å². The highest BCUT2D eigenvalue weighted by atomic mass is 32.2. The van der Waals surface area contributed by atoms with Gasteiger partial charge in [-0.3, -0.25) is 0 Å². The number of ether oxygens (including phenoxy) is 2. The van der Waals surface area contributed by atoms with E-state index in [0.29, 0.717) is 6.54 Å². The van der Waals surface area contributed by atoms with Crippen molar-refractivity contribution in [3.8, 4) is 11.5 Å². The minimum atomic E-state index is 0.538. The molecule has 0 radical (unpaired) electrons. The molecule has 0 aliphatic carbocycles. The topological polar surface area (TPSA) is 67.8 Å². The Morgan fingerprint density at radius 3 is 2.85 bits per heavy atom. The van der Waals surface area contributed by atoms with Gasteiger partial charge < -0.3 is 20.1 Å². The Bertz CT molecular complexity index is 678. The minimum Gasteiger partial charge on any atom is -0.497 e. The summed E-state index contributed by atoms with van der Waals surface area (Å²) in [6, 6.07) is 5.78. The second kappa shape index (κ2) is 11.6. The summed E-state index contributed by atoms with van der Waals surface area (Å²) < 4.78 is 11.8. The quantitative estimate of drug-likeness (QED) is 0.279. The molecule has 0 aliphatic heterocycles. The molecule has 0 bridgehead atoms. The molecule has 1 heterocycles. The van der Waals surface area contributed by atoms with Gasteiger partial charge in [0.05, 0.1) is 20.8 Å². The number of aromatic nitrogens is 1. The number of methoxy groups -OCH3 is 2. The first kappa shape index (κ1) is 20.4. The maximum absolute atomic E-state index is 5.43. The lowest BCUT2D eigenvalue weighted by Crippen LogP contribution is -2.37. The fraction of sp³-hybridized carbons (Fsp3) is 0.444. The van der Waals surface area contributed by atoms with Crippen LogP contribution in [0.2, 0.25) is 0 Å². The molecular formula is C18H26N4O2S2. The second-order valence-electron chi connectivity index (χ2n) is 5.30. The maximum Gasteiger partial charge on any atom is 0.191 e. The van der Waals surface area contributed by atoms with Gasteiger partial charge in [-0.2, -0.15) is 0 Å². The maximum atomic E-state index is 5.43. The van der Waals surface area contributed by atoms with Crippen molar-refractivity contribution in [2.75, 3.05) is 33.1 Å². The average molecular weight is 395 g/mol. The summed E-state index contributed by atoms with van der Waals surface area (Å²) in [4.78, 5) is 8.93. The highest BCUT2D eigenvalue weighted by Gasteiger charge is 2.05. The van der Waals surface area contributed by atoms with E-state index >= 15 is 0 Å². The van der Waals surface area contributed by atoms with E-state index in [1.54, 1.807) is 37.3 Å². The summed E-state index contributed by atoms with van der Waals surface area (Å²) in [7, 11) is 3.30. The SMILES string of the molecule is CCNC(=NCc1ccc(OC)cc1OC)NCCCSc1nccs1. The largest absolute Gasteiger partial charge is 0.497 e. The van der Waals surface area contributed by atoms with Gasteiger partial charge in [-0.05, 0) is 25.5 Å². The number of nitrogens with zero attached hydrogens (tertiary/aromatic N) is 2. The molecule has 2 N–H and O–H groups in total. The number of hydrogen-bond donors (Lipinski definition) is 2. The van der Waals surface area contributed by atoms with Crippen LogP contribution in [0.1, 0.15) is 18.9 Å². The molecule has 0 unspecified atom stereocenters. The lowest BCUT2D eigenvalue weighted by molar-refractivity contribution is 0.391. The molecule has 1 aromatic heterocycles. The van der Waals surface area contributed by atoms with Crippen LogP contribution in [0, 0.1) is 0 Å². The third kappa shape index (κ3) is 6.76. The van der Waals surface area contributed by atoms with Gasteiger partial charge in [0.25, 0.3) is 0 Å². The van der Waals surface area contributed by atoms with E-state index in [9.17, 15) is 0 Å². The first-order valence-corrected chi connectivity index (χ1v) is 10.4. The van der Waals surface area contributed by atoms with E-state index < -0.39 is 0 Å². The Kier molecular flexibility index (Phi) is 9.13. The fourth-order valence-electron chi connectivity index (χ4n) is 2.21. The van der Waals surface area contributed by atoms with Crippen molar-refractivity contribution < 1.29 is 9.47 Å². The normalized spacial score (nSPS) is 11.3. The van der Waals surface area contributed by atoms with Gasteiger partial charge >= 0.3 is 0 Å². The molecule has 0 atom stereocenters.